The molecule has 1 fully saturated rings. The number of benzene rings is 1. The van der Waals surface area contributed by atoms with Crippen LogP contribution in [0, 0.1) is 19.8 Å². The van der Waals surface area contributed by atoms with Crippen LogP contribution in [0.5, 0.6) is 0 Å². The summed E-state index contributed by atoms with van der Waals surface area (Å²) in [7, 11) is -3.42. The van der Waals surface area contributed by atoms with Gasteiger partial charge in [0.15, 0.2) is 0 Å². The molecule has 5 heteroatoms. The Morgan fingerprint density at radius 1 is 1.11 bits per heavy atom. The first-order chi connectivity index (χ1) is 8.93. The van der Waals surface area contributed by atoms with Crippen LogP contribution in [0.15, 0.2) is 23.1 Å². The van der Waals surface area contributed by atoms with Crippen molar-refractivity contribution in [1.29, 1.82) is 0 Å². The van der Waals surface area contributed by atoms with Gasteiger partial charge >= 0.3 is 0 Å². The number of hydrogen-bond donors (Lipinski definition) is 0. The first kappa shape index (κ1) is 14.2. The smallest absolute Gasteiger partial charge is 0.243 e. The van der Waals surface area contributed by atoms with E-state index in [1.54, 1.807) is 12.1 Å². The van der Waals surface area contributed by atoms with Crippen LogP contribution in [0.4, 0.5) is 0 Å². The minimum Gasteiger partial charge on any atom is -0.303 e. The van der Waals surface area contributed by atoms with Gasteiger partial charge in [0.05, 0.1) is 4.90 Å². The Bertz CT molecular complexity index is 552. The number of aldehydes is 1. The fourth-order valence-corrected chi connectivity index (χ4v) is 4.14. The van der Waals surface area contributed by atoms with Gasteiger partial charge in [0, 0.05) is 19.0 Å². The van der Waals surface area contributed by atoms with Gasteiger partial charge in [-0.25, -0.2) is 8.42 Å². The zero-order chi connectivity index (χ0) is 14.0. The number of rotatable bonds is 3. The Labute approximate surface area is 114 Å². The highest BCUT2D eigenvalue weighted by Crippen LogP contribution is 2.24. The van der Waals surface area contributed by atoms with E-state index in [9.17, 15) is 13.2 Å². The maximum absolute atomic E-state index is 12.5. The van der Waals surface area contributed by atoms with E-state index in [0.29, 0.717) is 30.8 Å². The molecular formula is C14H19NO3S. The van der Waals surface area contributed by atoms with Crippen molar-refractivity contribution in [2.45, 2.75) is 31.6 Å². The highest BCUT2D eigenvalue weighted by Gasteiger charge is 2.29. The predicted molar refractivity (Wildman–Crippen MR) is 73.5 cm³/mol. The van der Waals surface area contributed by atoms with Crippen molar-refractivity contribution in [1.82, 2.24) is 4.31 Å². The molecule has 0 radical (unpaired) electrons. The lowest BCUT2D eigenvalue weighted by Crippen LogP contribution is -2.38. The van der Waals surface area contributed by atoms with Crippen LogP contribution in [0.3, 0.4) is 0 Å². The van der Waals surface area contributed by atoms with Crippen LogP contribution < -0.4 is 0 Å². The maximum Gasteiger partial charge on any atom is 0.243 e. The minimum absolute atomic E-state index is 0.00527. The van der Waals surface area contributed by atoms with Gasteiger partial charge in [-0.3, -0.25) is 0 Å². The number of carbonyl (C=O) groups is 1. The van der Waals surface area contributed by atoms with Gasteiger partial charge in [-0.2, -0.15) is 4.31 Å². The topological polar surface area (TPSA) is 54.5 Å². The Morgan fingerprint density at radius 2 is 1.63 bits per heavy atom. The molecule has 1 heterocycles. The molecule has 2 rings (SSSR count). The molecule has 0 N–H and O–H groups in total. The van der Waals surface area contributed by atoms with Crippen molar-refractivity contribution in [3.05, 3.63) is 29.3 Å². The number of carbonyl (C=O) groups excluding carboxylic acids is 1. The van der Waals surface area contributed by atoms with Gasteiger partial charge in [0.1, 0.15) is 6.29 Å². The second kappa shape index (κ2) is 5.43. The Hall–Kier alpha value is -1.20. The Morgan fingerprint density at radius 3 is 2.11 bits per heavy atom. The SMILES string of the molecule is Cc1cc(C)cc(S(=O)(=O)N2CCC(C=O)CC2)c1. The van der Waals surface area contributed by atoms with Gasteiger partial charge in [0.25, 0.3) is 0 Å². The van der Waals surface area contributed by atoms with E-state index in [2.05, 4.69) is 0 Å². The van der Waals surface area contributed by atoms with E-state index < -0.39 is 10.0 Å². The van der Waals surface area contributed by atoms with E-state index in [1.807, 2.05) is 19.9 Å². The van der Waals surface area contributed by atoms with E-state index >= 15 is 0 Å². The summed E-state index contributed by atoms with van der Waals surface area (Å²) in [5.41, 5.74) is 1.89. The summed E-state index contributed by atoms with van der Waals surface area (Å²) in [5, 5.41) is 0. The molecule has 4 nitrogen and oxygen atoms in total. The van der Waals surface area contributed by atoms with Crippen molar-refractivity contribution >= 4 is 16.3 Å². The molecule has 1 aromatic rings. The molecule has 1 aromatic carbocycles. The number of sulfonamides is 1. The fourth-order valence-electron chi connectivity index (χ4n) is 2.48. The monoisotopic (exact) mass is 281 g/mol. The molecule has 1 aliphatic rings. The van der Waals surface area contributed by atoms with E-state index in [1.165, 1.54) is 4.31 Å². The van der Waals surface area contributed by atoms with Crippen LogP contribution >= 0.6 is 0 Å². The molecule has 0 amide bonds. The average Bonchev–Trinajstić information content (AvgIpc) is 2.37. The Kier molecular flexibility index (Phi) is 4.06. The lowest BCUT2D eigenvalue weighted by molar-refractivity contribution is -0.112. The van der Waals surface area contributed by atoms with Gasteiger partial charge in [-0.15, -0.1) is 0 Å². The lowest BCUT2D eigenvalue weighted by atomic mass is 10.0. The molecule has 1 saturated heterocycles. The molecule has 0 aromatic heterocycles. The van der Waals surface area contributed by atoms with Crippen LogP contribution in [0.1, 0.15) is 24.0 Å². The minimum atomic E-state index is -3.42. The zero-order valence-electron chi connectivity index (χ0n) is 11.3. The second-order valence-electron chi connectivity index (χ2n) is 5.20. The van der Waals surface area contributed by atoms with Crippen LogP contribution in [-0.2, 0) is 14.8 Å². The summed E-state index contributed by atoms with van der Waals surface area (Å²) in [6.45, 7) is 4.65. The van der Waals surface area contributed by atoms with Crippen molar-refractivity contribution in [2.24, 2.45) is 5.92 Å². The third kappa shape index (κ3) is 3.04. The highest BCUT2D eigenvalue weighted by atomic mass is 32.2. The van der Waals surface area contributed by atoms with Gasteiger partial charge in [-0.1, -0.05) is 6.07 Å². The maximum atomic E-state index is 12.5. The largest absolute Gasteiger partial charge is 0.303 e. The molecule has 0 unspecified atom stereocenters. The van der Waals surface area contributed by atoms with E-state index in [4.69, 9.17) is 0 Å². The quantitative estimate of drug-likeness (QED) is 0.795. The molecule has 0 spiro atoms. The molecule has 0 aliphatic carbocycles. The Balaban J connectivity index is 2.25. The van der Waals surface area contributed by atoms with Crippen molar-refractivity contribution in [3.63, 3.8) is 0 Å². The molecule has 104 valence electrons. The third-order valence-corrected chi connectivity index (χ3v) is 5.40. The number of aryl methyl sites for hydroxylation is 2. The normalized spacial score (nSPS) is 18.4. The first-order valence-electron chi connectivity index (χ1n) is 6.47. The molecule has 0 bridgehead atoms. The first-order valence-corrected chi connectivity index (χ1v) is 7.91. The molecular weight excluding hydrogens is 262 g/mol. The number of nitrogens with zero attached hydrogens (tertiary/aromatic N) is 1. The van der Waals surface area contributed by atoms with Crippen LogP contribution in [0.25, 0.3) is 0 Å². The molecule has 0 atom stereocenters. The second-order valence-corrected chi connectivity index (χ2v) is 7.14. The summed E-state index contributed by atoms with van der Waals surface area (Å²) in [6, 6.07) is 5.36. The summed E-state index contributed by atoms with van der Waals surface area (Å²) < 4.78 is 26.5. The summed E-state index contributed by atoms with van der Waals surface area (Å²) in [5.74, 6) is 0.00527. The summed E-state index contributed by atoms with van der Waals surface area (Å²) in [6.07, 6.45) is 2.17. The predicted octanol–water partition coefficient (Wildman–Crippen LogP) is 1.90. The van der Waals surface area contributed by atoms with Gasteiger partial charge in [-0.05, 0) is 49.9 Å². The van der Waals surface area contributed by atoms with Crippen molar-refractivity contribution in [2.75, 3.05) is 13.1 Å². The van der Waals surface area contributed by atoms with Crippen molar-refractivity contribution < 1.29 is 13.2 Å². The number of hydrogen-bond acceptors (Lipinski definition) is 3. The fraction of sp³-hybridized carbons (Fsp3) is 0.500. The lowest BCUT2D eigenvalue weighted by Gasteiger charge is -2.29. The van der Waals surface area contributed by atoms with Crippen LogP contribution in [-0.4, -0.2) is 32.1 Å². The third-order valence-electron chi connectivity index (χ3n) is 3.52. The molecule has 0 saturated carbocycles. The summed E-state index contributed by atoms with van der Waals surface area (Å²) >= 11 is 0. The standard InChI is InChI=1S/C14H19NO3S/c1-11-7-12(2)9-14(8-11)19(17,18)15-5-3-13(10-16)4-6-15/h7-10,13H,3-6H2,1-2H3. The van der Waals surface area contributed by atoms with Gasteiger partial charge < -0.3 is 4.79 Å². The van der Waals surface area contributed by atoms with Gasteiger partial charge in [0.2, 0.25) is 10.0 Å². The van der Waals surface area contributed by atoms with E-state index in [0.717, 1.165) is 17.4 Å². The van der Waals surface area contributed by atoms with Crippen LogP contribution in [0.2, 0.25) is 0 Å². The molecule has 19 heavy (non-hydrogen) atoms. The van der Waals surface area contributed by atoms with Crippen molar-refractivity contribution in [3.8, 4) is 0 Å². The highest BCUT2D eigenvalue weighted by molar-refractivity contribution is 7.89. The van der Waals surface area contributed by atoms with E-state index in [-0.39, 0.29) is 5.92 Å². The summed E-state index contributed by atoms with van der Waals surface area (Å²) in [4.78, 5) is 11.1. The zero-order valence-corrected chi connectivity index (χ0v) is 12.1. The molecule has 1 aliphatic heterocycles. The number of piperidine rings is 1. The average molecular weight is 281 g/mol.